The molecule has 0 spiro atoms. The molecule has 164 valence electrons. The van der Waals surface area contributed by atoms with Gasteiger partial charge in [-0.3, -0.25) is 4.79 Å². The minimum atomic E-state index is -4.44. The lowest BCUT2D eigenvalue weighted by molar-refractivity contribution is -0.140. The summed E-state index contributed by atoms with van der Waals surface area (Å²) in [5.74, 6) is 0.0740. The molecular formula is C20H23ClF3N3O2S. The third-order valence-corrected chi connectivity index (χ3v) is 5.57. The first-order valence-corrected chi connectivity index (χ1v) is 10.6. The second kappa shape index (κ2) is 10.9. The lowest BCUT2D eigenvalue weighted by Gasteiger charge is -2.33. The summed E-state index contributed by atoms with van der Waals surface area (Å²) in [7, 11) is 0. The summed E-state index contributed by atoms with van der Waals surface area (Å²) in [6.07, 6.45) is -4.44. The fraction of sp³-hybridized carbons (Fsp3) is 0.400. The molecule has 0 amide bonds. The molecule has 1 saturated heterocycles. The Bertz CT molecular complexity index is 863. The number of carbonyl (C=O) groups is 1. The van der Waals surface area contributed by atoms with Crippen molar-refractivity contribution in [2.24, 2.45) is 0 Å². The third kappa shape index (κ3) is 7.37. The fourth-order valence-corrected chi connectivity index (χ4v) is 4.16. The van der Waals surface area contributed by atoms with Crippen LogP contribution in [0.15, 0.2) is 41.4 Å². The normalized spacial score (nSPS) is 16.6. The number of nitrogens with zero attached hydrogens (tertiary/aromatic N) is 2. The number of alkyl halides is 3. The van der Waals surface area contributed by atoms with Crippen LogP contribution in [0.25, 0.3) is 0 Å². The van der Waals surface area contributed by atoms with Gasteiger partial charge in [0.15, 0.2) is 0 Å². The van der Waals surface area contributed by atoms with Gasteiger partial charge in [0.25, 0.3) is 5.97 Å². The van der Waals surface area contributed by atoms with E-state index in [0.29, 0.717) is 23.1 Å². The summed E-state index contributed by atoms with van der Waals surface area (Å²) in [5.41, 5.74) is 0.0803. The van der Waals surface area contributed by atoms with Crippen LogP contribution in [0.3, 0.4) is 0 Å². The molecule has 3 rings (SSSR count). The van der Waals surface area contributed by atoms with E-state index in [0.717, 1.165) is 43.4 Å². The Morgan fingerprint density at radius 1 is 1.33 bits per heavy atom. The maximum Gasteiger partial charge on any atom is 0.419 e. The van der Waals surface area contributed by atoms with E-state index in [1.54, 1.807) is 12.1 Å². The van der Waals surface area contributed by atoms with Gasteiger partial charge in [0.05, 0.1) is 5.56 Å². The van der Waals surface area contributed by atoms with Gasteiger partial charge in [-0.25, -0.2) is 4.98 Å². The molecule has 0 bridgehead atoms. The SMILES string of the molecule is CC(=O)O.C[C@H]1CN(c2ccc(C(F)(F)F)c(SCc3ccccc3Cl)n2)CCN1. The Labute approximate surface area is 182 Å². The molecule has 2 aromatic rings. The topological polar surface area (TPSA) is 65.5 Å². The van der Waals surface area contributed by atoms with Gasteiger partial charge in [-0.1, -0.05) is 29.8 Å². The zero-order valence-electron chi connectivity index (χ0n) is 16.5. The first-order valence-electron chi connectivity index (χ1n) is 9.20. The molecular weight excluding hydrogens is 439 g/mol. The summed E-state index contributed by atoms with van der Waals surface area (Å²) in [4.78, 5) is 15.4. The van der Waals surface area contributed by atoms with Crippen LogP contribution < -0.4 is 10.2 Å². The van der Waals surface area contributed by atoms with Gasteiger partial charge in [-0.05, 0) is 30.7 Å². The van der Waals surface area contributed by atoms with Gasteiger partial charge in [0, 0.05) is 43.4 Å². The summed E-state index contributed by atoms with van der Waals surface area (Å²) in [6.45, 7) is 5.35. The number of hydrogen-bond acceptors (Lipinski definition) is 5. The van der Waals surface area contributed by atoms with E-state index in [1.807, 2.05) is 24.0 Å². The number of anilines is 1. The van der Waals surface area contributed by atoms with Crippen LogP contribution in [0, 0.1) is 0 Å². The molecule has 1 aliphatic rings. The Morgan fingerprint density at radius 3 is 2.60 bits per heavy atom. The molecule has 5 nitrogen and oxygen atoms in total. The number of carboxylic acid groups (broad SMARTS) is 1. The van der Waals surface area contributed by atoms with Crippen LogP contribution in [0.5, 0.6) is 0 Å². The lowest BCUT2D eigenvalue weighted by atomic mass is 10.2. The highest BCUT2D eigenvalue weighted by molar-refractivity contribution is 7.98. The molecule has 0 aliphatic carbocycles. The molecule has 2 heterocycles. The molecule has 1 aromatic carbocycles. The van der Waals surface area contributed by atoms with Crippen LogP contribution in [0.1, 0.15) is 25.0 Å². The second-order valence-corrected chi connectivity index (χ2v) is 8.09. The number of rotatable bonds is 4. The fourth-order valence-electron chi connectivity index (χ4n) is 2.83. The van der Waals surface area contributed by atoms with Crippen molar-refractivity contribution in [1.82, 2.24) is 10.3 Å². The Hall–Kier alpha value is -1.97. The van der Waals surface area contributed by atoms with Crippen molar-refractivity contribution in [2.75, 3.05) is 24.5 Å². The Morgan fingerprint density at radius 2 is 2.00 bits per heavy atom. The van der Waals surface area contributed by atoms with Crippen molar-refractivity contribution in [3.05, 3.63) is 52.5 Å². The molecule has 1 aromatic heterocycles. The maximum atomic E-state index is 13.4. The molecule has 1 aliphatic heterocycles. The molecule has 0 radical (unpaired) electrons. The van der Waals surface area contributed by atoms with E-state index in [4.69, 9.17) is 21.5 Å². The van der Waals surface area contributed by atoms with E-state index in [2.05, 4.69) is 10.3 Å². The predicted molar refractivity (Wildman–Crippen MR) is 113 cm³/mol. The van der Waals surface area contributed by atoms with Crippen LogP contribution in [-0.2, 0) is 16.7 Å². The molecule has 10 heteroatoms. The van der Waals surface area contributed by atoms with Gasteiger partial charge in [0.1, 0.15) is 10.8 Å². The standard InChI is InChI=1S/C18H19ClF3N3S.C2H4O2/c1-12-10-25(9-8-23-12)16-7-6-14(18(20,21)22)17(24-16)26-11-13-4-2-3-5-15(13)19;1-2(3)4/h2-7,12,23H,8-11H2,1H3;1H3,(H,3,4)/t12-;/m0./s1. The zero-order valence-corrected chi connectivity index (χ0v) is 18.1. The minimum absolute atomic E-state index is 0.0129. The summed E-state index contributed by atoms with van der Waals surface area (Å²) < 4.78 is 40.2. The van der Waals surface area contributed by atoms with Gasteiger partial charge in [-0.2, -0.15) is 13.2 Å². The number of benzene rings is 1. The summed E-state index contributed by atoms with van der Waals surface area (Å²) in [5, 5.41) is 11.3. The van der Waals surface area contributed by atoms with Crippen molar-refractivity contribution >= 4 is 35.1 Å². The van der Waals surface area contributed by atoms with Crippen molar-refractivity contribution in [3.8, 4) is 0 Å². The van der Waals surface area contributed by atoms with Gasteiger partial charge in [-0.15, -0.1) is 11.8 Å². The van der Waals surface area contributed by atoms with Gasteiger partial charge < -0.3 is 15.3 Å². The number of carboxylic acids is 1. The molecule has 30 heavy (non-hydrogen) atoms. The number of aliphatic carboxylic acids is 1. The first-order chi connectivity index (χ1) is 14.1. The number of hydrogen-bond donors (Lipinski definition) is 2. The molecule has 2 N–H and O–H groups in total. The lowest BCUT2D eigenvalue weighted by Crippen LogP contribution is -2.49. The van der Waals surface area contributed by atoms with Crippen LogP contribution in [-0.4, -0.2) is 41.7 Å². The van der Waals surface area contributed by atoms with Crippen molar-refractivity contribution < 1.29 is 23.1 Å². The highest BCUT2D eigenvalue weighted by atomic mass is 35.5. The highest BCUT2D eigenvalue weighted by Crippen LogP contribution is 2.38. The monoisotopic (exact) mass is 461 g/mol. The number of nitrogens with one attached hydrogen (secondary N) is 1. The molecule has 1 atom stereocenters. The number of thioether (sulfide) groups is 1. The van der Waals surface area contributed by atoms with Gasteiger partial charge >= 0.3 is 6.18 Å². The van der Waals surface area contributed by atoms with E-state index in [-0.39, 0.29) is 11.1 Å². The summed E-state index contributed by atoms with van der Waals surface area (Å²) in [6, 6.07) is 10.0. The maximum absolute atomic E-state index is 13.4. The predicted octanol–water partition coefficient (Wildman–Crippen LogP) is 4.94. The van der Waals surface area contributed by atoms with Crippen LogP contribution >= 0.6 is 23.4 Å². The highest BCUT2D eigenvalue weighted by Gasteiger charge is 2.35. The van der Waals surface area contributed by atoms with Gasteiger partial charge in [0.2, 0.25) is 0 Å². The van der Waals surface area contributed by atoms with E-state index in [9.17, 15) is 13.2 Å². The second-order valence-electron chi connectivity index (χ2n) is 6.72. The van der Waals surface area contributed by atoms with E-state index in [1.165, 1.54) is 6.07 Å². The van der Waals surface area contributed by atoms with E-state index >= 15 is 0 Å². The van der Waals surface area contributed by atoms with Crippen LogP contribution in [0.2, 0.25) is 5.02 Å². The number of piperazine rings is 1. The third-order valence-electron chi connectivity index (χ3n) is 4.17. The zero-order chi connectivity index (χ0) is 22.3. The minimum Gasteiger partial charge on any atom is -0.481 e. The average molecular weight is 462 g/mol. The summed E-state index contributed by atoms with van der Waals surface area (Å²) >= 11 is 7.18. The molecule has 0 unspecified atom stereocenters. The molecule has 0 saturated carbocycles. The average Bonchev–Trinajstić information content (AvgIpc) is 2.66. The van der Waals surface area contributed by atoms with Crippen molar-refractivity contribution in [2.45, 2.75) is 36.8 Å². The number of aromatic nitrogens is 1. The van der Waals surface area contributed by atoms with Crippen LogP contribution in [0.4, 0.5) is 19.0 Å². The van der Waals surface area contributed by atoms with E-state index < -0.39 is 17.7 Å². The van der Waals surface area contributed by atoms with Crippen molar-refractivity contribution in [1.29, 1.82) is 0 Å². The first kappa shape index (κ1) is 24.3. The number of pyridine rings is 1. The smallest absolute Gasteiger partial charge is 0.419 e. The van der Waals surface area contributed by atoms with Crippen molar-refractivity contribution in [3.63, 3.8) is 0 Å². The molecule has 1 fully saturated rings. The largest absolute Gasteiger partial charge is 0.481 e. The number of halogens is 4. The Balaban J connectivity index is 0.000000735. The Kier molecular flexibility index (Phi) is 8.81. The quantitative estimate of drug-likeness (QED) is 0.629.